The highest BCUT2D eigenvalue weighted by Gasteiger charge is 2.18. The van der Waals surface area contributed by atoms with Crippen LogP contribution in [0.25, 0.3) is 0 Å². The molecule has 1 aromatic rings. The number of hydrogen-bond donors (Lipinski definition) is 1. The second-order valence-electron chi connectivity index (χ2n) is 6.26. The molecule has 2 rings (SSSR count). The lowest BCUT2D eigenvalue weighted by molar-refractivity contribution is 0.381. The maximum absolute atomic E-state index is 3.52. The molecule has 1 heterocycles. The summed E-state index contributed by atoms with van der Waals surface area (Å²) in [6.45, 7) is 10.3. The van der Waals surface area contributed by atoms with Crippen molar-refractivity contribution in [1.29, 1.82) is 0 Å². The lowest BCUT2D eigenvalue weighted by Gasteiger charge is -2.31. The lowest BCUT2D eigenvalue weighted by atomic mass is 9.95. The van der Waals surface area contributed by atoms with Crippen LogP contribution in [0.15, 0.2) is 18.2 Å². The lowest BCUT2D eigenvalue weighted by Crippen LogP contribution is -2.37. The zero-order valence-corrected chi connectivity index (χ0v) is 12.9. The highest BCUT2D eigenvalue weighted by molar-refractivity contribution is 5.60. The van der Waals surface area contributed by atoms with Crippen LogP contribution in [0.2, 0.25) is 0 Å². The van der Waals surface area contributed by atoms with Crippen molar-refractivity contribution >= 4 is 5.69 Å². The van der Waals surface area contributed by atoms with E-state index in [2.05, 4.69) is 56.2 Å². The first-order valence-corrected chi connectivity index (χ1v) is 7.61. The highest BCUT2D eigenvalue weighted by Crippen LogP contribution is 2.31. The molecule has 1 saturated heterocycles. The number of rotatable bonds is 4. The summed E-state index contributed by atoms with van der Waals surface area (Å²) in [4.78, 5) is 2.47. The van der Waals surface area contributed by atoms with Crippen LogP contribution in [0.4, 0.5) is 5.69 Å². The minimum absolute atomic E-state index is 0.585. The van der Waals surface area contributed by atoms with Crippen molar-refractivity contribution in [2.45, 2.75) is 39.5 Å². The Bertz CT molecular complexity index is 406. The van der Waals surface area contributed by atoms with E-state index in [0.717, 1.165) is 12.5 Å². The molecule has 1 fully saturated rings. The van der Waals surface area contributed by atoms with Gasteiger partial charge in [-0.15, -0.1) is 0 Å². The zero-order valence-electron chi connectivity index (χ0n) is 12.9. The Labute approximate surface area is 118 Å². The quantitative estimate of drug-likeness (QED) is 0.890. The van der Waals surface area contributed by atoms with Gasteiger partial charge >= 0.3 is 0 Å². The second-order valence-corrected chi connectivity index (χ2v) is 6.26. The largest absolute Gasteiger partial charge is 0.374 e. The summed E-state index contributed by atoms with van der Waals surface area (Å²) in [5, 5.41) is 3.52. The first-order valence-electron chi connectivity index (χ1n) is 7.61. The van der Waals surface area contributed by atoms with E-state index >= 15 is 0 Å². The van der Waals surface area contributed by atoms with Crippen molar-refractivity contribution < 1.29 is 0 Å². The van der Waals surface area contributed by atoms with Gasteiger partial charge in [-0.1, -0.05) is 32.0 Å². The normalized spacial score (nSPS) is 19.7. The summed E-state index contributed by atoms with van der Waals surface area (Å²) >= 11 is 0. The molecule has 19 heavy (non-hydrogen) atoms. The molecular formula is C17H28N2. The Morgan fingerprint density at radius 2 is 2.16 bits per heavy atom. The van der Waals surface area contributed by atoms with Gasteiger partial charge in [0.15, 0.2) is 0 Å². The third kappa shape index (κ3) is 3.50. The van der Waals surface area contributed by atoms with Crippen molar-refractivity contribution in [3.8, 4) is 0 Å². The van der Waals surface area contributed by atoms with Crippen LogP contribution < -0.4 is 10.2 Å². The minimum Gasteiger partial charge on any atom is -0.374 e. The summed E-state index contributed by atoms with van der Waals surface area (Å²) in [5.41, 5.74) is 4.33. The van der Waals surface area contributed by atoms with Crippen LogP contribution >= 0.6 is 0 Å². The number of aryl methyl sites for hydroxylation is 1. The van der Waals surface area contributed by atoms with Gasteiger partial charge < -0.3 is 10.2 Å². The van der Waals surface area contributed by atoms with E-state index in [9.17, 15) is 0 Å². The van der Waals surface area contributed by atoms with E-state index in [0.29, 0.717) is 5.92 Å². The number of hydrogen-bond acceptors (Lipinski definition) is 2. The Morgan fingerprint density at radius 1 is 1.37 bits per heavy atom. The fourth-order valence-electron chi connectivity index (χ4n) is 3.23. The fraction of sp³-hybridized carbons (Fsp3) is 0.647. The number of para-hydroxylation sites is 1. The molecule has 2 nitrogen and oxygen atoms in total. The first-order chi connectivity index (χ1) is 9.09. The van der Waals surface area contributed by atoms with Crippen molar-refractivity contribution in [3.63, 3.8) is 0 Å². The van der Waals surface area contributed by atoms with E-state index < -0.39 is 0 Å². The molecule has 1 aromatic carbocycles. The minimum atomic E-state index is 0.585. The van der Waals surface area contributed by atoms with Gasteiger partial charge in [-0.25, -0.2) is 0 Å². The van der Waals surface area contributed by atoms with Gasteiger partial charge in [-0.2, -0.15) is 0 Å². The number of nitrogens with one attached hydrogen (secondary N) is 1. The molecule has 0 amide bonds. The molecule has 0 spiro atoms. The summed E-state index contributed by atoms with van der Waals surface area (Å²) < 4.78 is 0. The van der Waals surface area contributed by atoms with Gasteiger partial charge in [0, 0.05) is 19.3 Å². The van der Waals surface area contributed by atoms with Gasteiger partial charge in [-0.05, 0) is 55.8 Å². The van der Waals surface area contributed by atoms with Crippen LogP contribution in [-0.2, 0) is 0 Å². The Balaban J connectivity index is 2.15. The molecule has 0 bridgehead atoms. The molecule has 1 unspecified atom stereocenters. The average molecular weight is 260 g/mol. The third-order valence-corrected chi connectivity index (χ3v) is 4.20. The fourth-order valence-corrected chi connectivity index (χ4v) is 3.23. The third-order valence-electron chi connectivity index (χ3n) is 4.20. The summed E-state index contributed by atoms with van der Waals surface area (Å²) in [7, 11) is 2.25. The summed E-state index contributed by atoms with van der Waals surface area (Å²) in [5.74, 6) is 1.38. The molecule has 0 aliphatic carbocycles. The second kappa shape index (κ2) is 6.42. The van der Waals surface area contributed by atoms with Gasteiger partial charge in [-0.3, -0.25) is 0 Å². The van der Waals surface area contributed by atoms with Crippen LogP contribution in [0, 0.1) is 12.8 Å². The van der Waals surface area contributed by atoms with E-state index in [1.807, 2.05) is 0 Å². The Hall–Kier alpha value is -1.02. The topological polar surface area (TPSA) is 15.3 Å². The Kier molecular flexibility index (Phi) is 4.87. The highest BCUT2D eigenvalue weighted by atomic mass is 15.1. The van der Waals surface area contributed by atoms with Crippen molar-refractivity contribution in [1.82, 2.24) is 5.32 Å². The molecule has 0 aromatic heterocycles. The molecule has 0 saturated carbocycles. The molecule has 1 atom stereocenters. The number of nitrogens with zero attached hydrogens (tertiary/aromatic N) is 1. The van der Waals surface area contributed by atoms with Crippen LogP contribution in [-0.4, -0.2) is 26.7 Å². The van der Waals surface area contributed by atoms with Crippen LogP contribution in [0.3, 0.4) is 0 Å². The van der Waals surface area contributed by atoms with Crippen LogP contribution in [0.1, 0.15) is 43.7 Å². The average Bonchev–Trinajstić information content (AvgIpc) is 2.39. The number of benzene rings is 1. The molecular weight excluding hydrogens is 232 g/mol. The van der Waals surface area contributed by atoms with Gasteiger partial charge in [0.2, 0.25) is 0 Å². The zero-order chi connectivity index (χ0) is 13.8. The summed E-state index contributed by atoms with van der Waals surface area (Å²) in [6.07, 6.45) is 2.68. The Morgan fingerprint density at radius 3 is 2.79 bits per heavy atom. The SMILES string of the molecule is Cc1cccc(C(C)C)c1N(C)CC1CCCNC1. The van der Waals surface area contributed by atoms with Gasteiger partial charge in [0.05, 0.1) is 0 Å². The van der Waals surface area contributed by atoms with Crippen molar-refractivity contribution in [3.05, 3.63) is 29.3 Å². The maximum Gasteiger partial charge on any atom is 0.0428 e. The molecule has 2 heteroatoms. The molecule has 0 radical (unpaired) electrons. The smallest absolute Gasteiger partial charge is 0.0428 e. The van der Waals surface area contributed by atoms with Gasteiger partial charge in [0.1, 0.15) is 0 Å². The van der Waals surface area contributed by atoms with E-state index in [-0.39, 0.29) is 0 Å². The van der Waals surface area contributed by atoms with Crippen LogP contribution in [0.5, 0.6) is 0 Å². The standard InChI is InChI=1S/C17H28N2/c1-13(2)16-9-5-7-14(3)17(16)19(4)12-15-8-6-10-18-11-15/h5,7,9,13,15,18H,6,8,10-12H2,1-4H3. The monoisotopic (exact) mass is 260 g/mol. The van der Waals surface area contributed by atoms with Crippen molar-refractivity contribution in [2.75, 3.05) is 31.6 Å². The van der Waals surface area contributed by atoms with E-state index in [1.54, 1.807) is 0 Å². The summed E-state index contributed by atoms with van der Waals surface area (Å²) in [6, 6.07) is 6.70. The predicted molar refractivity (Wildman–Crippen MR) is 84.1 cm³/mol. The number of piperidine rings is 1. The predicted octanol–water partition coefficient (Wildman–Crippen LogP) is 3.55. The number of anilines is 1. The van der Waals surface area contributed by atoms with E-state index in [1.165, 1.54) is 42.7 Å². The van der Waals surface area contributed by atoms with Crippen molar-refractivity contribution in [2.24, 2.45) is 5.92 Å². The van der Waals surface area contributed by atoms with Gasteiger partial charge in [0.25, 0.3) is 0 Å². The molecule has 1 aliphatic rings. The molecule has 1 aliphatic heterocycles. The molecule has 106 valence electrons. The first kappa shape index (κ1) is 14.4. The molecule has 1 N–H and O–H groups in total. The maximum atomic E-state index is 3.52. The van der Waals surface area contributed by atoms with E-state index in [4.69, 9.17) is 0 Å².